The van der Waals surface area contributed by atoms with Crippen molar-refractivity contribution in [3.63, 3.8) is 0 Å². The fourth-order valence-corrected chi connectivity index (χ4v) is 7.70. The molecular weight excluding hydrogens is 675 g/mol. The SMILES string of the molecule is Cc1cc(OCCCc2c3n(c4c(-c5c(C)ncnc5C)c(Cl)ccc24)C(C)CN(c2cn(C)c4cnc(C(=O)O)cc24)C3=O)cc(C)c1Cl. The van der Waals surface area contributed by atoms with Crippen LogP contribution in [0.4, 0.5) is 5.69 Å². The Bertz CT molecular complexity index is 2340. The van der Waals surface area contributed by atoms with E-state index in [1.165, 1.54) is 12.3 Å². The van der Waals surface area contributed by atoms with Gasteiger partial charge >= 0.3 is 5.97 Å². The fourth-order valence-electron chi connectivity index (χ4n) is 7.35. The summed E-state index contributed by atoms with van der Waals surface area (Å²) in [6, 6.07) is 9.11. The summed E-state index contributed by atoms with van der Waals surface area (Å²) in [5.41, 5.74) is 8.73. The van der Waals surface area contributed by atoms with E-state index in [1.54, 1.807) is 11.2 Å². The van der Waals surface area contributed by atoms with Crippen LogP contribution < -0.4 is 9.64 Å². The number of carboxylic acids is 1. The third-order valence-electron chi connectivity index (χ3n) is 9.65. The molecule has 1 amide bonds. The Hall–Kier alpha value is -4.93. The first kappa shape index (κ1) is 33.6. The van der Waals surface area contributed by atoms with Gasteiger partial charge in [0.15, 0.2) is 0 Å². The minimum Gasteiger partial charge on any atom is -0.494 e. The second kappa shape index (κ2) is 12.8. The van der Waals surface area contributed by atoms with Gasteiger partial charge in [0, 0.05) is 64.1 Å². The lowest BCUT2D eigenvalue weighted by atomic mass is 9.97. The third kappa shape index (κ3) is 5.47. The molecule has 5 heterocycles. The molecule has 50 heavy (non-hydrogen) atoms. The molecule has 4 aromatic heterocycles. The Kier molecular flexibility index (Phi) is 8.56. The minimum absolute atomic E-state index is 0.0848. The molecule has 1 aliphatic heterocycles. The maximum Gasteiger partial charge on any atom is 0.354 e. The van der Waals surface area contributed by atoms with E-state index in [0.29, 0.717) is 47.8 Å². The monoisotopic (exact) mass is 710 g/mol. The number of carbonyl (C=O) groups excluding carboxylic acids is 1. The molecule has 0 radical (unpaired) electrons. The average molecular weight is 712 g/mol. The van der Waals surface area contributed by atoms with Gasteiger partial charge in [-0.1, -0.05) is 29.3 Å². The van der Waals surface area contributed by atoms with E-state index in [0.717, 1.165) is 66.4 Å². The van der Waals surface area contributed by atoms with Gasteiger partial charge in [0.1, 0.15) is 23.5 Å². The fraction of sp³-hybridized carbons (Fsp3) is 0.289. The molecule has 7 rings (SSSR count). The number of carbonyl (C=O) groups is 2. The van der Waals surface area contributed by atoms with E-state index in [9.17, 15) is 14.7 Å². The van der Waals surface area contributed by atoms with Crippen molar-refractivity contribution in [2.75, 3.05) is 18.1 Å². The number of aryl methyl sites for hydroxylation is 6. The summed E-state index contributed by atoms with van der Waals surface area (Å²) in [5, 5.41) is 12.5. The van der Waals surface area contributed by atoms with Crippen LogP contribution in [0.25, 0.3) is 32.9 Å². The normalized spacial score (nSPS) is 14.5. The van der Waals surface area contributed by atoms with Gasteiger partial charge in [-0.25, -0.2) is 19.7 Å². The highest BCUT2D eigenvalue weighted by molar-refractivity contribution is 6.35. The second-order valence-electron chi connectivity index (χ2n) is 13.0. The van der Waals surface area contributed by atoms with Crippen LogP contribution in [0.3, 0.4) is 0 Å². The van der Waals surface area contributed by atoms with Crippen molar-refractivity contribution in [1.29, 1.82) is 0 Å². The molecule has 0 spiro atoms. The maximum absolute atomic E-state index is 14.9. The van der Waals surface area contributed by atoms with E-state index in [-0.39, 0.29) is 17.6 Å². The van der Waals surface area contributed by atoms with Gasteiger partial charge in [-0.3, -0.25) is 4.79 Å². The van der Waals surface area contributed by atoms with Gasteiger partial charge < -0.3 is 23.9 Å². The van der Waals surface area contributed by atoms with Crippen molar-refractivity contribution in [3.8, 4) is 16.9 Å². The van der Waals surface area contributed by atoms with Gasteiger partial charge in [-0.15, -0.1) is 0 Å². The average Bonchev–Trinajstić information content (AvgIpc) is 3.59. The number of carboxylic acid groups (broad SMARTS) is 1. The number of hydrogen-bond acceptors (Lipinski definition) is 6. The minimum atomic E-state index is -1.13. The summed E-state index contributed by atoms with van der Waals surface area (Å²) in [6.07, 6.45) is 6.14. The molecular formula is C38H36Cl2N6O4. The van der Waals surface area contributed by atoms with Crippen LogP contribution in [-0.4, -0.2) is 54.2 Å². The predicted molar refractivity (Wildman–Crippen MR) is 196 cm³/mol. The zero-order chi connectivity index (χ0) is 35.6. The number of ether oxygens (including phenoxy) is 1. The largest absolute Gasteiger partial charge is 0.494 e. The molecule has 0 aliphatic carbocycles. The zero-order valence-corrected chi connectivity index (χ0v) is 30.1. The van der Waals surface area contributed by atoms with Crippen molar-refractivity contribution >= 4 is 62.6 Å². The standard InChI is InChI=1S/C38H36Cl2N6O4/c1-19-12-24(13-20(2)34(19)40)50-11-7-8-25-26-9-10-28(39)33(32-22(4)42-18-43-23(32)5)35(26)46-21(3)16-45(37(47)36(25)46)31-17-44(6)30-15-41-29(38(48)49)14-27(30)31/h9-10,12-15,17-18,21H,7-8,11,16H2,1-6H3,(H,48,49). The van der Waals surface area contributed by atoms with Crippen molar-refractivity contribution in [1.82, 2.24) is 24.1 Å². The van der Waals surface area contributed by atoms with Crippen molar-refractivity contribution < 1.29 is 19.4 Å². The Morgan fingerprint density at radius 3 is 2.38 bits per heavy atom. The van der Waals surface area contributed by atoms with Crippen molar-refractivity contribution in [3.05, 3.63) is 98.6 Å². The lowest BCUT2D eigenvalue weighted by Gasteiger charge is -2.34. The van der Waals surface area contributed by atoms with E-state index in [4.69, 9.17) is 27.9 Å². The molecule has 10 nitrogen and oxygen atoms in total. The van der Waals surface area contributed by atoms with Crippen LogP contribution in [0.2, 0.25) is 10.0 Å². The van der Waals surface area contributed by atoms with Gasteiger partial charge in [0.25, 0.3) is 5.91 Å². The molecule has 0 saturated heterocycles. The van der Waals surface area contributed by atoms with Crippen LogP contribution in [0.5, 0.6) is 5.75 Å². The van der Waals surface area contributed by atoms with Crippen LogP contribution in [0.15, 0.2) is 49.1 Å². The number of benzene rings is 2. The molecule has 256 valence electrons. The van der Waals surface area contributed by atoms with Crippen molar-refractivity contribution in [2.45, 2.75) is 53.5 Å². The number of fused-ring (bicyclic) bond motifs is 4. The summed E-state index contributed by atoms with van der Waals surface area (Å²) in [4.78, 5) is 41.6. The molecule has 0 saturated carbocycles. The summed E-state index contributed by atoms with van der Waals surface area (Å²) in [5.74, 6) is -0.562. The third-order valence-corrected chi connectivity index (χ3v) is 10.6. The van der Waals surface area contributed by atoms with Crippen LogP contribution in [0.1, 0.15) is 68.4 Å². The van der Waals surface area contributed by atoms with Crippen LogP contribution in [-0.2, 0) is 13.5 Å². The lowest BCUT2D eigenvalue weighted by Crippen LogP contribution is -2.42. The summed E-state index contributed by atoms with van der Waals surface area (Å²) in [6.45, 7) is 10.7. The van der Waals surface area contributed by atoms with Crippen molar-refractivity contribution in [2.24, 2.45) is 7.05 Å². The number of rotatable bonds is 8. The van der Waals surface area contributed by atoms with E-state index in [1.807, 2.05) is 69.8 Å². The first-order chi connectivity index (χ1) is 23.9. The Morgan fingerprint density at radius 1 is 1.00 bits per heavy atom. The molecule has 1 atom stereocenters. The molecule has 1 N–H and O–H groups in total. The van der Waals surface area contributed by atoms with E-state index < -0.39 is 5.97 Å². The van der Waals surface area contributed by atoms with Gasteiger partial charge in [0.05, 0.1) is 34.5 Å². The smallest absolute Gasteiger partial charge is 0.354 e. The number of pyridine rings is 1. The van der Waals surface area contributed by atoms with E-state index in [2.05, 4.69) is 26.4 Å². The van der Waals surface area contributed by atoms with Gasteiger partial charge in [-0.2, -0.15) is 0 Å². The quantitative estimate of drug-likeness (QED) is 0.158. The number of anilines is 1. The molecule has 1 unspecified atom stereocenters. The summed E-state index contributed by atoms with van der Waals surface area (Å²) >= 11 is 13.4. The predicted octanol–water partition coefficient (Wildman–Crippen LogP) is 8.46. The molecule has 0 bridgehead atoms. The maximum atomic E-state index is 14.9. The Balaban J connectivity index is 1.38. The first-order valence-corrected chi connectivity index (χ1v) is 17.2. The number of aromatic carboxylic acids is 1. The van der Waals surface area contributed by atoms with Gasteiger partial charge in [-0.05, 0) is 88.4 Å². The zero-order valence-electron chi connectivity index (χ0n) is 28.6. The number of halogens is 2. The summed E-state index contributed by atoms with van der Waals surface area (Å²) in [7, 11) is 1.86. The Morgan fingerprint density at radius 2 is 1.70 bits per heavy atom. The highest BCUT2D eigenvalue weighted by Gasteiger charge is 2.37. The molecule has 12 heteroatoms. The number of amides is 1. The lowest BCUT2D eigenvalue weighted by molar-refractivity contribution is 0.0690. The molecule has 2 aromatic carbocycles. The molecule has 6 aromatic rings. The number of nitrogens with zero attached hydrogens (tertiary/aromatic N) is 6. The molecule has 0 fully saturated rings. The van der Waals surface area contributed by atoms with Crippen LogP contribution in [0, 0.1) is 27.7 Å². The van der Waals surface area contributed by atoms with E-state index >= 15 is 0 Å². The molecule has 1 aliphatic rings. The second-order valence-corrected chi connectivity index (χ2v) is 13.8. The highest BCUT2D eigenvalue weighted by atomic mass is 35.5. The Labute approximate surface area is 299 Å². The highest BCUT2D eigenvalue weighted by Crippen LogP contribution is 2.45. The topological polar surface area (TPSA) is 115 Å². The first-order valence-electron chi connectivity index (χ1n) is 16.4. The number of hydrogen-bond donors (Lipinski definition) is 1. The van der Waals surface area contributed by atoms with Crippen LogP contribution >= 0.6 is 23.2 Å². The number of aromatic nitrogens is 5. The summed E-state index contributed by atoms with van der Waals surface area (Å²) < 4.78 is 10.2. The van der Waals surface area contributed by atoms with Gasteiger partial charge in [0.2, 0.25) is 0 Å².